The normalized spacial score (nSPS) is 21.6. The van der Waals surface area contributed by atoms with Gasteiger partial charge in [0.05, 0.1) is 69.2 Å². The lowest BCUT2D eigenvalue weighted by Gasteiger charge is -2.41. The number of piperazine rings is 1. The first kappa shape index (κ1) is 80.3. The predicted molar refractivity (Wildman–Crippen MR) is 393 cm³/mol. The molecule has 562 valence electrons. The zero-order valence-electron chi connectivity index (χ0n) is 61.1. The summed E-state index contributed by atoms with van der Waals surface area (Å²) in [6, 6.07) is 17.9. The zero-order valence-corrected chi connectivity index (χ0v) is 64.6. The summed E-state index contributed by atoms with van der Waals surface area (Å²) in [5.41, 5.74) is 2.12. The molecule has 0 spiro atoms. The van der Waals surface area contributed by atoms with Crippen LogP contribution in [0.3, 0.4) is 0 Å². The number of halogens is 9. The van der Waals surface area contributed by atoms with E-state index in [2.05, 4.69) is 99.2 Å². The van der Waals surface area contributed by atoms with Crippen LogP contribution in [0.4, 0.5) is 58.9 Å². The fourth-order valence-corrected chi connectivity index (χ4v) is 17.3. The van der Waals surface area contributed by atoms with Crippen molar-refractivity contribution >= 4 is 68.9 Å². The first-order valence-corrected chi connectivity index (χ1v) is 41.8. The molecule has 6 aliphatic heterocycles. The smallest absolute Gasteiger partial charge is 0.419 e. The molecule has 5 aromatic rings. The van der Waals surface area contributed by atoms with Crippen LogP contribution in [0, 0.1) is 19.1 Å². The van der Waals surface area contributed by atoms with Crippen molar-refractivity contribution in [2.24, 2.45) is 5.92 Å². The van der Waals surface area contributed by atoms with Crippen molar-refractivity contribution in [3.8, 4) is 12.0 Å². The Kier molecular flexibility index (Phi) is 25.7. The molecular weight excluding hydrogens is 1410 g/mol. The average Bonchev–Trinajstić information content (AvgIpc) is 1.35. The molecule has 19 nitrogen and oxygen atoms in total. The molecule has 0 radical (unpaired) electrons. The zero-order chi connectivity index (χ0) is 73.9. The lowest BCUT2D eigenvalue weighted by Crippen LogP contribution is -2.57. The quantitative estimate of drug-likeness (QED) is 0.0465. The Balaban J connectivity index is 0.000000241. The molecule has 2 aromatic heterocycles. The highest BCUT2D eigenvalue weighted by atomic mass is 35.5. The van der Waals surface area contributed by atoms with Crippen LogP contribution < -0.4 is 29.1 Å². The molecule has 1 amide bonds. The molecule has 103 heavy (non-hydrogen) atoms. The lowest BCUT2D eigenvalue weighted by molar-refractivity contribution is -0.137. The minimum absolute atomic E-state index is 0. The minimum Gasteiger partial charge on any atom is -0.462 e. The maximum atomic E-state index is 14.3. The number of nitrogens with zero attached hydrogens (tertiary/aromatic N) is 13. The van der Waals surface area contributed by atoms with Crippen LogP contribution in [-0.2, 0) is 58.5 Å². The van der Waals surface area contributed by atoms with Crippen molar-refractivity contribution < 1.29 is 58.9 Å². The van der Waals surface area contributed by atoms with E-state index in [1.54, 1.807) is 20.8 Å². The number of anilines is 4. The SMILES string of the molecule is F.[C-]#[N+]C[C@@H]1CCCN(c2nc(OC[C@@H]3C[C@@H](O[Si](C)(C)C(C)(C)C)CN3C)nc3c2CCN(c2cccc(Cl)c2C(F)(F)F)C3)C1.[C-]#[N+]C[C@H]1CN(c2nc(OC[C@@H]3C[C@@H](O[Si](C)(C)C(C)(C)C)CN3C)nc3c2CCN(c2cccc(Cl)c2C(F)(F)F)C3)CCN1C(=O)OCc1ccccc1. The number of benzene rings is 3. The number of rotatable bonds is 18. The number of amides is 1. The van der Waals surface area contributed by atoms with Gasteiger partial charge in [0.15, 0.2) is 16.6 Å². The Hall–Kier alpha value is -6.77. The van der Waals surface area contributed by atoms with E-state index in [-0.39, 0.29) is 118 Å². The van der Waals surface area contributed by atoms with Crippen molar-refractivity contribution in [1.82, 2.24) is 34.6 Å². The molecule has 11 rings (SSSR count). The van der Waals surface area contributed by atoms with E-state index in [0.29, 0.717) is 76.0 Å². The number of likely N-dealkylation sites (tertiary alicyclic amines) is 2. The van der Waals surface area contributed by atoms with Gasteiger partial charge < -0.3 is 52.4 Å². The maximum Gasteiger partial charge on any atom is 0.419 e. The predicted octanol–water partition coefficient (Wildman–Crippen LogP) is 15.4. The van der Waals surface area contributed by atoms with Gasteiger partial charge in [-0.25, -0.2) is 17.9 Å². The van der Waals surface area contributed by atoms with Crippen molar-refractivity contribution in [2.45, 2.75) is 179 Å². The summed E-state index contributed by atoms with van der Waals surface area (Å²) in [6.45, 7) is 43.8. The highest BCUT2D eigenvalue weighted by molar-refractivity contribution is 6.74. The third kappa shape index (κ3) is 19.3. The highest BCUT2D eigenvalue weighted by Gasteiger charge is 2.46. The van der Waals surface area contributed by atoms with E-state index < -0.39 is 52.2 Å². The molecule has 0 unspecified atom stereocenters. The van der Waals surface area contributed by atoms with Crippen molar-refractivity contribution in [2.75, 3.05) is 119 Å². The number of ether oxygens (including phenoxy) is 3. The number of alkyl halides is 6. The molecule has 4 saturated heterocycles. The van der Waals surface area contributed by atoms with Gasteiger partial charge in [-0.15, -0.1) is 0 Å². The number of piperidine rings is 1. The number of hydrogen-bond donors (Lipinski definition) is 0. The van der Waals surface area contributed by atoms with Crippen LogP contribution in [0.2, 0.25) is 46.3 Å². The Labute approximate surface area is 613 Å². The largest absolute Gasteiger partial charge is 0.462 e. The Bertz CT molecular complexity index is 3840. The van der Waals surface area contributed by atoms with Crippen LogP contribution in [-0.4, -0.2) is 187 Å². The average molecular weight is 1510 g/mol. The maximum absolute atomic E-state index is 14.3. The second kappa shape index (κ2) is 32.9. The van der Waals surface area contributed by atoms with E-state index in [4.69, 9.17) is 79.3 Å². The molecule has 8 heterocycles. The van der Waals surface area contributed by atoms with E-state index in [0.717, 1.165) is 67.8 Å². The van der Waals surface area contributed by atoms with Gasteiger partial charge in [-0.2, -0.15) is 46.3 Å². The highest BCUT2D eigenvalue weighted by Crippen LogP contribution is 2.47. The van der Waals surface area contributed by atoms with E-state index in [1.807, 2.05) is 42.3 Å². The summed E-state index contributed by atoms with van der Waals surface area (Å²) in [5.74, 6) is 1.61. The summed E-state index contributed by atoms with van der Waals surface area (Å²) >= 11 is 12.2. The van der Waals surface area contributed by atoms with Crippen LogP contribution in [0.1, 0.15) is 106 Å². The van der Waals surface area contributed by atoms with Crippen molar-refractivity contribution in [3.63, 3.8) is 0 Å². The Morgan fingerprint density at radius 3 is 1.50 bits per heavy atom. The Morgan fingerprint density at radius 1 is 0.583 bits per heavy atom. The van der Waals surface area contributed by atoms with Gasteiger partial charge in [-0.1, -0.05) is 107 Å². The molecule has 0 aliphatic carbocycles. The standard InChI is InChI=1S/C40H51ClF3N7O4Si.C33H46ClF3N6O2Si.FH/c1-39(2,3)56(6,7)55-30-20-28(48(5)23-30)26-53-37-46-33-24-49(34-15-11-14-32(41)35(34)40(42,43)44)17-16-31(33)36(47-37)50-18-19-51(29(22-50)21-45-4)38(52)54-25-27-12-9-8-10-13-27;1-32(2,3)46(6,7)45-24-16-23(41(5)19-24)21-44-31-39-27-20-42(28-12-8-11-26(34)29(28)33(35,36)37)15-13-25(27)30(40-31)43-14-9-10-22(18-43)17-38-4;/h8-15,28-30H,16-26H2,1-3,5-7H3;8,11-12,22-24H,9-10,13-21H2,1-3,5-7H3;1H/t28-,29-,30+;22-,23-,24+;/m00./s1. The summed E-state index contributed by atoms with van der Waals surface area (Å²) in [7, 11) is 0.210. The van der Waals surface area contributed by atoms with Gasteiger partial charge in [-0.3, -0.25) is 19.4 Å². The molecule has 6 aliphatic rings. The number of likely N-dealkylation sites (N-methyl/N-ethyl adjacent to an activating group) is 2. The van der Waals surface area contributed by atoms with Crippen LogP contribution in [0.15, 0.2) is 66.7 Å². The van der Waals surface area contributed by atoms with Gasteiger partial charge in [-0.05, 0) is 119 Å². The first-order chi connectivity index (χ1) is 48.0. The fourth-order valence-electron chi connectivity index (χ4n) is 14.0. The number of aromatic nitrogens is 4. The monoisotopic (exact) mass is 1510 g/mol. The molecule has 3 aromatic carbocycles. The van der Waals surface area contributed by atoms with Gasteiger partial charge in [0.1, 0.15) is 37.5 Å². The van der Waals surface area contributed by atoms with Gasteiger partial charge in [0, 0.05) is 88.0 Å². The van der Waals surface area contributed by atoms with E-state index >= 15 is 0 Å². The van der Waals surface area contributed by atoms with Crippen LogP contribution in [0.25, 0.3) is 9.69 Å². The summed E-state index contributed by atoms with van der Waals surface area (Å²) < 4.78 is 117. The number of carbonyl (C=O) groups is 1. The molecule has 0 saturated carbocycles. The van der Waals surface area contributed by atoms with Crippen LogP contribution in [0.5, 0.6) is 12.0 Å². The van der Waals surface area contributed by atoms with Crippen LogP contribution >= 0.6 is 23.2 Å². The first-order valence-electron chi connectivity index (χ1n) is 35.2. The van der Waals surface area contributed by atoms with E-state index in [9.17, 15) is 31.1 Å². The molecule has 30 heteroatoms. The second-order valence-corrected chi connectivity index (χ2v) is 41.2. The van der Waals surface area contributed by atoms with E-state index in [1.165, 1.54) is 30.3 Å². The molecule has 4 fully saturated rings. The molecule has 0 N–H and O–H groups in total. The van der Waals surface area contributed by atoms with Gasteiger partial charge in [0.25, 0.3) is 0 Å². The second-order valence-electron chi connectivity index (χ2n) is 30.9. The lowest BCUT2D eigenvalue weighted by atomic mass is 9.96. The summed E-state index contributed by atoms with van der Waals surface area (Å²) in [6.07, 6.45) is -5.15. The molecule has 6 atom stereocenters. The fraction of sp³-hybridized carbons (Fsp3) is 0.603. The Morgan fingerprint density at radius 2 is 1.05 bits per heavy atom. The topological polar surface area (TPSA) is 146 Å². The van der Waals surface area contributed by atoms with Crippen molar-refractivity contribution in [3.05, 3.63) is 139 Å². The summed E-state index contributed by atoms with van der Waals surface area (Å²) in [4.78, 5) is 53.7. The third-order valence-electron chi connectivity index (χ3n) is 21.6. The number of carbonyl (C=O) groups excluding carboxylic acids is 1. The summed E-state index contributed by atoms with van der Waals surface area (Å²) in [5, 5.41) is -0.486. The minimum atomic E-state index is -4.65. The number of hydrogen-bond acceptors (Lipinski definition) is 16. The third-order valence-corrected chi connectivity index (χ3v) is 31.3. The van der Waals surface area contributed by atoms with Crippen molar-refractivity contribution in [1.29, 1.82) is 0 Å². The molecule has 0 bridgehead atoms. The van der Waals surface area contributed by atoms with Gasteiger partial charge in [0.2, 0.25) is 13.1 Å². The van der Waals surface area contributed by atoms with Gasteiger partial charge >= 0.3 is 30.5 Å². The number of fused-ring (bicyclic) bond motifs is 2. The molecular formula is C73H98Cl2F7N13O6Si2.